The van der Waals surface area contributed by atoms with Crippen LogP contribution < -0.4 is 10.6 Å². The Bertz CT molecular complexity index is 2760. The zero-order valence-corrected chi connectivity index (χ0v) is 69.8. The SMILES string of the molecule is C=CC(=O)N(C)C1CCCCC1.C=CC(=O)NC1CCC(C)CC1.C=CC(=O)NC1CCCCC1.C=CC(=O)OC1(C)CCCC1.C=CC(=O)OC1CC(C)(C)CC(C)(C)C1.C=CC(=O)OC1CC(C)CC(C)C1.C=CC(=O)OC1CCCC(C)C1C.C=CC(=O)OC1CCCC1.C=CC(=O)OCC1CCCCC1. The van der Waals surface area contributed by atoms with Crippen LogP contribution in [0.2, 0.25) is 0 Å². The molecule has 9 aliphatic carbocycles. The second kappa shape index (κ2) is 56.2. The van der Waals surface area contributed by atoms with Crippen LogP contribution in [0.1, 0.15) is 300 Å². The zero-order valence-electron chi connectivity index (χ0n) is 69.8. The maximum Gasteiger partial charge on any atom is 0.330 e. The van der Waals surface area contributed by atoms with Crippen LogP contribution in [0, 0.1) is 46.3 Å². The number of nitrogens with one attached hydrogen (secondary N) is 2. The number of ether oxygens (including phenoxy) is 6. The number of hydrogen-bond acceptors (Lipinski definition) is 15. The molecule has 5 unspecified atom stereocenters. The predicted molar refractivity (Wildman–Crippen MR) is 440 cm³/mol. The fourth-order valence-electron chi connectivity index (χ4n) is 16.4. The van der Waals surface area contributed by atoms with Gasteiger partial charge in [-0.2, -0.15) is 0 Å². The van der Waals surface area contributed by atoms with Gasteiger partial charge in [-0.3, -0.25) is 14.4 Å². The van der Waals surface area contributed by atoms with Crippen LogP contribution in [-0.2, 0) is 71.6 Å². The number of nitrogens with zero attached hydrogens (tertiary/aromatic N) is 1. The highest BCUT2D eigenvalue weighted by Crippen LogP contribution is 2.47. The number of carbonyl (C=O) groups excluding carboxylic acids is 9. The van der Waals surface area contributed by atoms with E-state index in [2.05, 4.69) is 132 Å². The van der Waals surface area contributed by atoms with E-state index in [1.165, 1.54) is 190 Å². The first-order valence-corrected chi connectivity index (χ1v) is 41.3. The number of likely N-dealkylation sites (N-methyl/N-ethyl adjacent to an activating group) is 1. The average Bonchev–Trinajstić information content (AvgIpc) is 1.39. The van der Waals surface area contributed by atoms with Crippen molar-refractivity contribution in [1.82, 2.24) is 15.5 Å². The van der Waals surface area contributed by atoms with Crippen LogP contribution in [0.3, 0.4) is 0 Å². The van der Waals surface area contributed by atoms with Gasteiger partial charge in [0.15, 0.2) is 0 Å². The normalized spacial score (nSPS) is 24.6. The summed E-state index contributed by atoms with van der Waals surface area (Å²) in [6.45, 7) is 53.2. The summed E-state index contributed by atoms with van der Waals surface area (Å²) in [5, 5.41) is 5.84. The summed E-state index contributed by atoms with van der Waals surface area (Å²) in [6, 6.07) is 1.27. The molecule has 0 aromatic rings. The fraction of sp³-hybridized carbons (Fsp3) is 0.703. The molecule has 0 aromatic carbocycles. The Morgan fingerprint density at radius 2 is 0.807 bits per heavy atom. The van der Waals surface area contributed by atoms with Crippen molar-refractivity contribution in [2.45, 2.75) is 349 Å². The van der Waals surface area contributed by atoms with Gasteiger partial charge in [0.25, 0.3) is 0 Å². The van der Waals surface area contributed by atoms with E-state index in [4.69, 9.17) is 28.4 Å². The first-order chi connectivity index (χ1) is 51.6. The van der Waals surface area contributed by atoms with E-state index in [0.717, 1.165) is 102 Å². The summed E-state index contributed by atoms with van der Waals surface area (Å²) < 4.78 is 31.0. The lowest BCUT2D eigenvalue weighted by molar-refractivity contribution is -0.151. The topological polar surface area (TPSA) is 236 Å². The van der Waals surface area contributed by atoms with Gasteiger partial charge in [-0.25, -0.2) is 28.8 Å². The van der Waals surface area contributed by atoms with E-state index in [1.807, 2.05) is 18.9 Å². The summed E-state index contributed by atoms with van der Waals surface area (Å²) in [5.41, 5.74) is 0.313. The molecule has 9 rings (SSSR count). The van der Waals surface area contributed by atoms with E-state index >= 15 is 0 Å². The van der Waals surface area contributed by atoms with E-state index in [-0.39, 0.29) is 94.4 Å². The van der Waals surface area contributed by atoms with Gasteiger partial charge in [-0.05, 0) is 238 Å². The molecule has 9 aliphatic rings. The minimum atomic E-state index is -0.298. The van der Waals surface area contributed by atoms with Crippen molar-refractivity contribution in [3.8, 4) is 0 Å². The van der Waals surface area contributed by atoms with Gasteiger partial charge in [0.1, 0.15) is 30.0 Å². The average molecular weight is 1530 g/mol. The zero-order chi connectivity index (χ0) is 82.0. The highest BCUT2D eigenvalue weighted by Gasteiger charge is 2.40. The van der Waals surface area contributed by atoms with Crippen LogP contribution in [0.15, 0.2) is 114 Å². The molecule has 0 spiro atoms. The third-order valence-electron chi connectivity index (χ3n) is 22.2. The van der Waals surface area contributed by atoms with Crippen molar-refractivity contribution in [2.75, 3.05) is 13.7 Å². The number of hydrogen-bond donors (Lipinski definition) is 2. The van der Waals surface area contributed by atoms with Gasteiger partial charge in [0, 0.05) is 61.6 Å². The maximum absolute atomic E-state index is 11.2. The molecular formula is C91H149N3O15. The summed E-state index contributed by atoms with van der Waals surface area (Å²) in [6.07, 6.45) is 53.8. The molecule has 0 heterocycles. The maximum atomic E-state index is 11.2. The molecule has 0 bridgehead atoms. The van der Waals surface area contributed by atoms with Crippen molar-refractivity contribution in [3.63, 3.8) is 0 Å². The minimum Gasteiger partial charge on any atom is -0.462 e. The molecule has 0 saturated heterocycles. The lowest BCUT2D eigenvalue weighted by Crippen LogP contribution is -2.38. The van der Waals surface area contributed by atoms with Crippen molar-refractivity contribution in [1.29, 1.82) is 0 Å². The van der Waals surface area contributed by atoms with Gasteiger partial charge in [0.2, 0.25) is 17.7 Å². The summed E-state index contributed by atoms with van der Waals surface area (Å²) in [7, 11) is 1.88. The van der Waals surface area contributed by atoms with E-state index in [9.17, 15) is 43.2 Å². The van der Waals surface area contributed by atoms with Crippen LogP contribution in [0.5, 0.6) is 0 Å². The summed E-state index contributed by atoms with van der Waals surface area (Å²) in [4.78, 5) is 100. The molecule has 2 N–H and O–H groups in total. The molecule has 109 heavy (non-hydrogen) atoms. The van der Waals surface area contributed by atoms with Crippen LogP contribution in [-0.4, -0.2) is 120 Å². The lowest BCUT2D eigenvalue weighted by Gasteiger charge is -2.44. The quantitative estimate of drug-likeness (QED) is 0.0695. The van der Waals surface area contributed by atoms with Crippen molar-refractivity contribution < 1.29 is 71.6 Å². The molecule has 18 heteroatoms. The Balaban J connectivity index is 0.000000614. The van der Waals surface area contributed by atoms with Crippen molar-refractivity contribution in [3.05, 3.63) is 114 Å². The molecule has 18 nitrogen and oxygen atoms in total. The number of esters is 6. The Morgan fingerprint density at radius 1 is 0.394 bits per heavy atom. The minimum absolute atomic E-state index is 0.0306. The molecule has 618 valence electrons. The first-order valence-electron chi connectivity index (χ1n) is 41.3. The Morgan fingerprint density at radius 3 is 1.26 bits per heavy atom. The molecule has 0 aromatic heterocycles. The largest absolute Gasteiger partial charge is 0.462 e. The van der Waals surface area contributed by atoms with Crippen LogP contribution in [0.4, 0.5) is 0 Å². The molecular weight excluding hydrogens is 1380 g/mol. The van der Waals surface area contributed by atoms with Crippen molar-refractivity contribution >= 4 is 53.5 Å². The number of carbonyl (C=O) groups is 9. The first kappa shape index (κ1) is 99.9. The molecule has 3 amide bonds. The summed E-state index contributed by atoms with van der Waals surface area (Å²) in [5.74, 6) is 2.18. The highest BCUT2D eigenvalue weighted by molar-refractivity contribution is 5.88. The highest BCUT2D eigenvalue weighted by atomic mass is 16.6. The molecule has 0 aliphatic heterocycles. The predicted octanol–water partition coefficient (Wildman–Crippen LogP) is 19.9. The summed E-state index contributed by atoms with van der Waals surface area (Å²) >= 11 is 0. The third kappa shape index (κ3) is 47.0. The van der Waals surface area contributed by atoms with Crippen LogP contribution in [0.25, 0.3) is 0 Å². The lowest BCUT2D eigenvalue weighted by atomic mass is 9.64. The fourth-order valence-corrected chi connectivity index (χ4v) is 16.4. The Labute approximate surface area is 659 Å². The van der Waals surface area contributed by atoms with Crippen molar-refractivity contribution in [2.24, 2.45) is 46.3 Å². The van der Waals surface area contributed by atoms with Gasteiger partial charge in [-0.15, -0.1) is 0 Å². The van der Waals surface area contributed by atoms with Gasteiger partial charge >= 0.3 is 35.8 Å². The van der Waals surface area contributed by atoms with E-state index < -0.39 is 0 Å². The second-order valence-electron chi connectivity index (χ2n) is 33.6. The number of rotatable bonds is 19. The van der Waals surface area contributed by atoms with Gasteiger partial charge in [-0.1, -0.05) is 186 Å². The van der Waals surface area contributed by atoms with E-state index in [1.54, 1.807) is 0 Å². The second-order valence-corrected chi connectivity index (χ2v) is 33.6. The smallest absolute Gasteiger partial charge is 0.330 e. The number of amides is 3. The van der Waals surface area contributed by atoms with Gasteiger partial charge < -0.3 is 44.0 Å². The molecule has 9 saturated carbocycles. The Kier molecular flexibility index (Phi) is 51.5. The third-order valence-corrected chi connectivity index (χ3v) is 22.2. The van der Waals surface area contributed by atoms with Gasteiger partial charge in [0.05, 0.1) is 6.61 Å². The molecule has 9 fully saturated rings. The Hall–Kier alpha value is -7.11. The van der Waals surface area contributed by atoms with Crippen LogP contribution >= 0.6 is 0 Å². The van der Waals surface area contributed by atoms with E-state index in [0.29, 0.717) is 54.3 Å². The standard InChI is InChI=1S/C13H22O2.2C11H18O2.2C10H17NO.C10H16O2.C9H15NO.C9H14O2.C8H12O2/c1-6-11(14)15-10-7-12(2,3)9-13(4,5)8-10;1-4-11(12)13-10-6-8(2)5-9(3)7-10;1-4-11(12)13-10-7-5-6-8(2)9(10)3;1-3-10(12)11-9-6-4-8(2)5-7-9;1-3-10(12)11(2)9-7-5-4-6-8-9;1-2-10(11)12-8-9-6-4-3-5-7-9;1-2-9(11)10-8-6-4-3-5-7-8;1-3-8(10)11-9(2)6-4-5-7-9;1-2-8(9)10-7-5-3-4-6-7/h6,10H,1,7-9H2,2-5H3;2*4,8-10H,1,5-7H2,2-3H3;3,8-9H,1,4-7H2,2H3,(H,11,12);3,9H,1,4-8H2,2H3;2,9H,1,3-8H2;2,8H,1,3-7H2,(H,10,11);3H,1,4-7H2,2H3;2,7H,1,3-6H2. The molecule has 0 radical (unpaired) electrons. The monoisotopic (exact) mass is 1520 g/mol. The molecule has 5 atom stereocenters.